The average molecular weight is 664 g/mol. The molecule has 0 saturated heterocycles. The van der Waals surface area contributed by atoms with Crippen LogP contribution in [0.2, 0.25) is 10.0 Å². The van der Waals surface area contributed by atoms with Gasteiger partial charge in [-0.2, -0.15) is 0 Å². The molecule has 4 rings (SSSR count). The maximum atomic E-state index is 12.8. The number of benzene rings is 1. The van der Waals surface area contributed by atoms with Gasteiger partial charge < -0.3 is 15.0 Å². The Hall–Kier alpha value is -2.56. The van der Waals surface area contributed by atoms with Crippen LogP contribution in [0.3, 0.4) is 0 Å². The quantitative estimate of drug-likeness (QED) is 0.256. The minimum atomic E-state index is -0.344. The van der Waals surface area contributed by atoms with Crippen LogP contribution < -0.4 is 15.0 Å². The number of aryl methyl sites for hydroxylation is 1. The molecule has 0 radical (unpaired) electrons. The highest BCUT2D eigenvalue weighted by atomic mass is 79.9. The summed E-state index contributed by atoms with van der Waals surface area (Å²) in [5.74, 6) is -0.0893. The monoisotopic (exact) mass is 661 g/mol. The largest absolute Gasteiger partial charge is 0.485 e. The molecule has 38 heavy (non-hydrogen) atoms. The van der Waals surface area contributed by atoms with Gasteiger partial charge in [0.2, 0.25) is 11.8 Å². The van der Waals surface area contributed by atoms with E-state index in [2.05, 4.69) is 31.2 Å². The van der Waals surface area contributed by atoms with Gasteiger partial charge in [0.05, 0.1) is 29.4 Å². The molecule has 13 heteroatoms. The van der Waals surface area contributed by atoms with Crippen molar-refractivity contribution in [2.75, 3.05) is 18.5 Å². The van der Waals surface area contributed by atoms with E-state index in [9.17, 15) is 9.59 Å². The number of amides is 2. The van der Waals surface area contributed by atoms with Crippen LogP contribution >= 0.6 is 63.9 Å². The summed E-state index contributed by atoms with van der Waals surface area (Å²) in [5, 5.41) is 3.31. The van der Waals surface area contributed by atoms with Crippen molar-refractivity contribution in [2.45, 2.75) is 20.0 Å². The number of halogens is 5. The SMILES string of the molecule is Cc1nc2c(OCc3c(Cl)ccc(N(C)C(=O)CNC(=O)Cc4ccccn4)c3Cl)cccn2c1Br.Cl.Cl. The van der Waals surface area contributed by atoms with Crippen LogP contribution in [0, 0.1) is 6.92 Å². The topological polar surface area (TPSA) is 88.8 Å². The van der Waals surface area contributed by atoms with Crippen LogP contribution in [0.1, 0.15) is 17.0 Å². The van der Waals surface area contributed by atoms with Gasteiger partial charge in [0, 0.05) is 35.7 Å². The third-order valence-electron chi connectivity index (χ3n) is 5.49. The van der Waals surface area contributed by atoms with E-state index in [1.165, 1.54) is 4.90 Å². The molecule has 0 fully saturated rings. The fourth-order valence-corrected chi connectivity index (χ4v) is 4.50. The number of likely N-dealkylation sites (N-methyl/N-ethyl adjacent to an activating group) is 1. The summed E-state index contributed by atoms with van der Waals surface area (Å²) in [7, 11) is 1.58. The van der Waals surface area contributed by atoms with Crippen molar-refractivity contribution in [3.8, 4) is 5.75 Å². The Labute approximate surface area is 250 Å². The van der Waals surface area contributed by atoms with Crippen molar-refractivity contribution in [1.29, 1.82) is 0 Å². The minimum Gasteiger partial charge on any atom is -0.485 e. The summed E-state index contributed by atoms with van der Waals surface area (Å²) in [6.45, 7) is 1.77. The Balaban J connectivity index is 0.00000253. The molecule has 0 aliphatic heterocycles. The van der Waals surface area contributed by atoms with E-state index in [4.69, 9.17) is 27.9 Å². The highest BCUT2D eigenvalue weighted by Crippen LogP contribution is 2.35. The summed E-state index contributed by atoms with van der Waals surface area (Å²) in [4.78, 5) is 35.0. The van der Waals surface area contributed by atoms with Gasteiger partial charge in [0.25, 0.3) is 0 Å². The first-order chi connectivity index (χ1) is 17.3. The molecule has 4 aromatic rings. The zero-order valence-corrected chi connectivity index (χ0v) is 25.0. The van der Waals surface area contributed by atoms with Gasteiger partial charge in [0.1, 0.15) is 11.2 Å². The number of carbonyl (C=O) groups excluding carboxylic acids is 2. The Morgan fingerprint density at radius 2 is 1.89 bits per heavy atom. The van der Waals surface area contributed by atoms with Gasteiger partial charge in [-0.1, -0.05) is 29.3 Å². The molecule has 0 atom stereocenters. The van der Waals surface area contributed by atoms with Gasteiger partial charge in [-0.05, 0) is 59.3 Å². The standard InChI is InChI=1S/C25H22BrCl2N5O3.2ClH/c1-15-24(26)33-11-5-7-20(25(33)31-15)36-14-17-18(27)8-9-19(23(17)28)32(2)22(35)13-30-21(34)12-16-6-3-4-10-29-16;;/h3-11H,12-14H2,1-2H3,(H,30,34);2*1H. The van der Waals surface area contributed by atoms with Gasteiger partial charge in [0.15, 0.2) is 11.4 Å². The molecular formula is C25H24BrCl4N5O3. The summed E-state index contributed by atoms with van der Waals surface area (Å²) >= 11 is 16.6. The molecule has 3 heterocycles. The number of pyridine rings is 2. The van der Waals surface area contributed by atoms with E-state index >= 15 is 0 Å². The number of nitrogens with one attached hydrogen (secondary N) is 1. The second-order valence-corrected chi connectivity index (χ2v) is 9.47. The molecule has 202 valence electrons. The molecule has 2 amide bonds. The predicted molar refractivity (Wildman–Crippen MR) is 157 cm³/mol. The summed E-state index contributed by atoms with van der Waals surface area (Å²) < 4.78 is 8.74. The zero-order valence-electron chi connectivity index (χ0n) is 20.3. The lowest BCUT2D eigenvalue weighted by atomic mass is 10.2. The normalized spacial score (nSPS) is 10.3. The second-order valence-electron chi connectivity index (χ2n) is 7.93. The number of anilines is 1. The van der Waals surface area contributed by atoms with E-state index in [0.29, 0.717) is 33.4 Å². The number of carbonyl (C=O) groups is 2. The van der Waals surface area contributed by atoms with Crippen molar-refractivity contribution in [2.24, 2.45) is 0 Å². The molecule has 0 bridgehead atoms. The number of hydrogen-bond acceptors (Lipinski definition) is 5. The minimum absolute atomic E-state index is 0. The highest BCUT2D eigenvalue weighted by Gasteiger charge is 2.20. The molecule has 0 aliphatic rings. The first-order valence-electron chi connectivity index (χ1n) is 10.9. The van der Waals surface area contributed by atoms with Crippen molar-refractivity contribution in [3.63, 3.8) is 0 Å². The first kappa shape index (κ1) is 31.7. The lowest BCUT2D eigenvalue weighted by Gasteiger charge is -2.21. The Kier molecular flexibility index (Phi) is 11.7. The maximum Gasteiger partial charge on any atom is 0.246 e. The number of fused-ring (bicyclic) bond motifs is 1. The van der Waals surface area contributed by atoms with Crippen LogP contribution in [0.4, 0.5) is 5.69 Å². The van der Waals surface area contributed by atoms with Crippen LogP contribution in [0.25, 0.3) is 5.65 Å². The van der Waals surface area contributed by atoms with Crippen LogP contribution in [0.5, 0.6) is 5.75 Å². The summed E-state index contributed by atoms with van der Waals surface area (Å²) in [6, 6.07) is 12.3. The van der Waals surface area contributed by atoms with Gasteiger partial charge in [-0.25, -0.2) is 4.98 Å². The Bertz CT molecular complexity index is 1440. The fraction of sp³-hybridized carbons (Fsp3) is 0.200. The molecule has 0 spiro atoms. The number of imidazole rings is 1. The highest BCUT2D eigenvalue weighted by molar-refractivity contribution is 9.10. The van der Waals surface area contributed by atoms with Crippen LogP contribution in [-0.2, 0) is 22.6 Å². The maximum absolute atomic E-state index is 12.8. The smallest absolute Gasteiger partial charge is 0.246 e. The molecule has 0 unspecified atom stereocenters. The van der Waals surface area contributed by atoms with Crippen LogP contribution in [0.15, 0.2) is 59.5 Å². The van der Waals surface area contributed by atoms with Gasteiger partial charge in [-0.15, -0.1) is 24.8 Å². The number of hydrogen-bond donors (Lipinski definition) is 1. The summed E-state index contributed by atoms with van der Waals surface area (Å²) in [6.07, 6.45) is 3.57. The Morgan fingerprint density at radius 3 is 2.61 bits per heavy atom. The van der Waals surface area contributed by atoms with Crippen molar-refractivity contribution in [1.82, 2.24) is 19.7 Å². The number of aromatic nitrogens is 3. The lowest BCUT2D eigenvalue weighted by molar-refractivity contribution is -0.124. The predicted octanol–water partition coefficient (Wildman–Crippen LogP) is 5.85. The molecule has 8 nitrogen and oxygen atoms in total. The van der Waals surface area contributed by atoms with E-state index in [0.717, 1.165) is 10.3 Å². The molecule has 3 aromatic heterocycles. The lowest BCUT2D eigenvalue weighted by Crippen LogP contribution is -2.39. The van der Waals surface area contributed by atoms with E-state index in [-0.39, 0.29) is 61.2 Å². The molecule has 0 aliphatic carbocycles. The molecule has 0 saturated carbocycles. The third-order valence-corrected chi connectivity index (χ3v) is 7.22. The first-order valence-corrected chi connectivity index (χ1v) is 12.5. The molecule has 1 N–H and O–H groups in total. The van der Waals surface area contributed by atoms with Crippen LogP contribution in [-0.4, -0.2) is 39.8 Å². The molecular weight excluding hydrogens is 640 g/mol. The van der Waals surface area contributed by atoms with E-state index in [1.807, 2.05) is 29.7 Å². The third kappa shape index (κ3) is 7.09. The number of ether oxygens (including phenoxy) is 1. The second kappa shape index (κ2) is 14.0. The number of rotatable bonds is 8. The molecule has 1 aromatic carbocycles. The number of nitrogens with zero attached hydrogens (tertiary/aromatic N) is 4. The van der Waals surface area contributed by atoms with Crippen molar-refractivity contribution in [3.05, 3.63) is 86.5 Å². The zero-order chi connectivity index (χ0) is 25.8. The van der Waals surface area contributed by atoms with Crippen molar-refractivity contribution >= 4 is 87.1 Å². The average Bonchev–Trinajstić information content (AvgIpc) is 3.16. The fourth-order valence-electron chi connectivity index (χ4n) is 3.52. The summed E-state index contributed by atoms with van der Waals surface area (Å²) in [5.41, 5.74) is 3.07. The van der Waals surface area contributed by atoms with E-state index < -0.39 is 0 Å². The van der Waals surface area contributed by atoms with Gasteiger partial charge >= 0.3 is 0 Å². The van der Waals surface area contributed by atoms with Gasteiger partial charge in [-0.3, -0.25) is 19.0 Å². The Morgan fingerprint density at radius 1 is 1.13 bits per heavy atom. The van der Waals surface area contributed by atoms with E-state index in [1.54, 1.807) is 43.6 Å². The van der Waals surface area contributed by atoms with Crippen molar-refractivity contribution < 1.29 is 14.3 Å².